The zero-order valence-corrected chi connectivity index (χ0v) is 13.9. The predicted octanol–water partition coefficient (Wildman–Crippen LogP) is 3.94. The minimum atomic E-state index is -1.10. The first kappa shape index (κ1) is 16.1. The van der Waals surface area contributed by atoms with Crippen molar-refractivity contribution in [3.05, 3.63) is 48.6 Å². The molecule has 0 saturated heterocycles. The molecule has 1 aromatic rings. The van der Waals surface area contributed by atoms with E-state index in [2.05, 4.69) is 39.3 Å². The molecule has 0 spiro atoms. The van der Waals surface area contributed by atoms with Crippen LogP contribution in [0.5, 0.6) is 0 Å². The second-order valence-electron chi connectivity index (χ2n) is 4.62. The van der Waals surface area contributed by atoms with Gasteiger partial charge >= 0.3 is 0 Å². The van der Waals surface area contributed by atoms with Crippen LogP contribution in [0.2, 0.25) is 26.2 Å². The van der Waals surface area contributed by atoms with Gasteiger partial charge in [-0.2, -0.15) is 0 Å². The summed E-state index contributed by atoms with van der Waals surface area (Å²) in [6.45, 7) is 16.2. The predicted molar refractivity (Wildman–Crippen MR) is 85.5 cm³/mol. The van der Waals surface area contributed by atoms with Crippen molar-refractivity contribution < 1.29 is 4.12 Å². The van der Waals surface area contributed by atoms with E-state index in [1.165, 1.54) is 0 Å². The third kappa shape index (κ3) is 8.86. The molecule has 0 saturated carbocycles. The average molecular weight is 265 g/mol. The van der Waals surface area contributed by atoms with Gasteiger partial charge in [-0.15, -0.1) is 0 Å². The largest absolute Gasteiger partial charge is 0.461 e. The summed E-state index contributed by atoms with van der Waals surface area (Å²) in [6, 6.07) is 8.06. The highest BCUT2D eigenvalue weighted by Gasteiger charge is 2.10. The molecule has 0 fully saturated rings. The van der Waals surface area contributed by atoms with Gasteiger partial charge in [0.2, 0.25) is 0 Å². The molecule has 0 bridgehead atoms. The molecule has 0 aromatic heterocycles. The van der Waals surface area contributed by atoms with Crippen LogP contribution in [0, 0.1) is 0 Å². The van der Waals surface area contributed by atoms with Crippen LogP contribution in [0.3, 0.4) is 0 Å². The first-order chi connectivity index (χ1) is 7.92. The van der Waals surface area contributed by atoms with Crippen LogP contribution in [-0.4, -0.2) is 18.1 Å². The molecule has 0 aliphatic heterocycles. The van der Waals surface area contributed by atoms with Crippen LogP contribution in [0.4, 0.5) is 0 Å². The van der Waals surface area contributed by atoms with Gasteiger partial charge in [0, 0.05) is 0 Å². The van der Waals surface area contributed by atoms with Crippen LogP contribution < -0.4 is 0 Å². The maximum absolute atomic E-state index is 5.51. The zero-order chi connectivity index (χ0) is 13.3. The molecule has 0 aliphatic rings. The fraction of sp³-hybridized carbons (Fsp3) is 0.286. The number of hydrogen-bond acceptors (Lipinski definition) is 1. The van der Waals surface area contributed by atoms with E-state index >= 15 is 0 Å². The summed E-state index contributed by atoms with van der Waals surface area (Å²) < 4.78 is 5.51. The topological polar surface area (TPSA) is 9.23 Å². The van der Waals surface area contributed by atoms with Crippen molar-refractivity contribution in [1.29, 1.82) is 0 Å². The van der Waals surface area contributed by atoms with Gasteiger partial charge in [0.25, 0.3) is 0 Å². The summed E-state index contributed by atoms with van der Waals surface area (Å²) in [5.41, 5.74) is 2.27. The second kappa shape index (κ2) is 8.22. The molecule has 0 atom stereocenters. The van der Waals surface area contributed by atoms with Crippen LogP contribution in [0.25, 0.3) is 12.2 Å². The van der Waals surface area contributed by atoms with Crippen LogP contribution in [0.1, 0.15) is 11.1 Å². The third-order valence-electron chi connectivity index (χ3n) is 1.96. The molecule has 1 rings (SSSR count). The van der Waals surface area contributed by atoms with E-state index in [9.17, 15) is 0 Å². The van der Waals surface area contributed by atoms with Crippen molar-refractivity contribution in [3.63, 3.8) is 0 Å². The summed E-state index contributed by atoms with van der Waals surface area (Å²) in [5.74, 6) is 0. The van der Waals surface area contributed by atoms with Gasteiger partial charge in [0.15, 0.2) is 8.32 Å². The summed E-state index contributed by atoms with van der Waals surface area (Å²) in [6.07, 6.45) is 3.65. The first-order valence-corrected chi connectivity index (χ1v) is 11.3. The lowest BCUT2D eigenvalue weighted by Crippen LogP contribution is -2.26. The monoisotopic (exact) mass is 264 g/mol. The van der Waals surface area contributed by atoms with Crippen molar-refractivity contribution >= 4 is 30.2 Å². The van der Waals surface area contributed by atoms with E-state index in [0.29, 0.717) is 0 Å². The molecule has 0 amide bonds. The van der Waals surface area contributed by atoms with Gasteiger partial charge in [-0.25, -0.2) is 0 Å². The summed E-state index contributed by atoms with van der Waals surface area (Å²) in [7, 11) is -1.22. The minimum Gasteiger partial charge on any atom is -0.461 e. The molecule has 3 heteroatoms. The Hall–Kier alpha value is -0.906. The number of rotatable bonds is 4. The van der Waals surface area contributed by atoms with E-state index in [-0.39, 0.29) is 9.76 Å². The van der Waals surface area contributed by atoms with Crippen molar-refractivity contribution in [3.8, 4) is 0 Å². The lowest BCUT2D eigenvalue weighted by molar-refractivity contribution is 0.603. The third-order valence-corrected chi connectivity index (χ3v) is 6.58. The summed E-state index contributed by atoms with van der Waals surface area (Å²) >= 11 is 0. The Morgan fingerprint density at radius 2 is 1.59 bits per heavy atom. The van der Waals surface area contributed by atoms with E-state index < -0.39 is 8.32 Å². The molecule has 1 nitrogen and oxygen atoms in total. The molecule has 0 radical (unpaired) electrons. The molecule has 94 valence electrons. The van der Waals surface area contributed by atoms with Crippen LogP contribution in [0.15, 0.2) is 37.4 Å². The van der Waals surface area contributed by atoms with E-state index in [1.807, 2.05) is 36.4 Å². The molecule has 0 unspecified atom stereocenters. The molecule has 1 aromatic carbocycles. The molecule has 0 heterocycles. The normalized spacial score (nSPS) is 10.8. The van der Waals surface area contributed by atoms with Gasteiger partial charge in [-0.1, -0.05) is 50.1 Å². The van der Waals surface area contributed by atoms with E-state index in [4.69, 9.17) is 4.12 Å². The fourth-order valence-electron chi connectivity index (χ4n) is 1.25. The summed E-state index contributed by atoms with van der Waals surface area (Å²) in [5, 5.41) is 0. The molecule has 0 N–H and O–H groups in total. The van der Waals surface area contributed by atoms with E-state index in [0.717, 1.165) is 11.1 Å². The Morgan fingerprint density at radius 3 is 1.82 bits per heavy atom. The van der Waals surface area contributed by atoms with Crippen molar-refractivity contribution in [1.82, 2.24) is 0 Å². The minimum absolute atomic E-state index is 0.128. The van der Waals surface area contributed by atoms with Crippen LogP contribution in [-0.2, 0) is 4.12 Å². The Labute approximate surface area is 109 Å². The van der Waals surface area contributed by atoms with Crippen molar-refractivity contribution in [2.24, 2.45) is 0 Å². The molecule has 17 heavy (non-hydrogen) atoms. The highest BCUT2D eigenvalue weighted by Crippen LogP contribution is 2.06. The second-order valence-corrected chi connectivity index (χ2v) is 10.6. The number of hydrogen-bond donors (Lipinski definition) is 0. The average Bonchev–Trinajstić information content (AvgIpc) is 2.28. The lowest BCUT2D eigenvalue weighted by atomic mass is 10.1. The molecule has 0 aliphatic carbocycles. The van der Waals surface area contributed by atoms with Crippen molar-refractivity contribution in [2.45, 2.75) is 26.2 Å². The highest BCUT2D eigenvalue weighted by molar-refractivity contribution is 6.73. The lowest BCUT2D eigenvalue weighted by Gasteiger charge is -2.14. The Morgan fingerprint density at radius 1 is 1.12 bits per heavy atom. The van der Waals surface area contributed by atoms with Gasteiger partial charge in [0.05, 0.1) is 0 Å². The standard InChI is InChI=1S/C10H10.C4H14OSi2/c1-3-9-6-5-7-10(4-2)8-9;1-6-5-7(2,3)4/h3-8H,1-2H2;6H2,1-4H3. The molecular weight excluding hydrogens is 240 g/mol. The molecular formula is C14H24OSi2. The van der Waals surface area contributed by atoms with Gasteiger partial charge < -0.3 is 4.12 Å². The number of benzene rings is 1. The van der Waals surface area contributed by atoms with Crippen LogP contribution >= 0.6 is 0 Å². The Bertz CT molecular complexity index is 330. The zero-order valence-electron chi connectivity index (χ0n) is 11.5. The summed E-state index contributed by atoms with van der Waals surface area (Å²) in [4.78, 5) is 0. The smallest absolute Gasteiger partial charge is 0.169 e. The first-order valence-electron chi connectivity index (χ1n) is 5.92. The van der Waals surface area contributed by atoms with E-state index in [1.54, 1.807) is 0 Å². The van der Waals surface area contributed by atoms with Gasteiger partial charge in [-0.3, -0.25) is 0 Å². The van der Waals surface area contributed by atoms with Crippen molar-refractivity contribution in [2.75, 3.05) is 0 Å². The Kier molecular flexibility index (Phi) is 7.79. The highest BCUT2D eigenvalue weighted by atomic mass is 28.4. The van der Waals surface area contributed by atoms with Gasteiger partial charge in [-0.05, 0) is 36.8 Å². The fourth-order valence-corrected chi connectivity index (χ4v) is 4.71. The Balaban J connectivity index is 0.000000325. The maximum atomic E-state index is 5.51. The quantitative estimate of drug-likeness (QED) is 0.749. The SMILES string of the molecule is C=Cc1cccc(C=C)c1.C[SiH2]O[Si](C)(C)C. The van der Waals surface area contributed by atoms with Gasteiger partial charge in [0.1, 0.15) is 9.76 Å². The maximum Gasteiger partial charge on any atom is 0.169 e.